The Morgan fingerprint density at radius 1 is 0.880 bits per heavy atom. The van der Waals surface area contributed by atoms with E-state index in [9.17, 15) is 0 Å². The van der Waals surface area contributed by atoms with Crippen molar-refractivity contribution in [3.05, 3.63) is 29.3 Å². The Bertz CT molecular complexity index is 471. The number of unbranched alkanes of at least 4 members (excludes halogenated alkanes) is 3. The molecule has 2 rings (SSSR count). The van der Waals surface area contributed by atoms with Crippen LogP contribution in [-0.4, -0.2) is 6.61 Å². The van der Waals surface area contributed by atoms with Crippen LogP contribution >= 0.6 is 0 Å². The molecule has 0 saturated heterocycles. The third kappa shape index (κ3) is 7.42. The van der Waals surface area contributed by atoms with E-state index in [0.29, 0.717) is 0 Å². The maximum atomic E-state index is 5.83. The summed E-state index contributed by atoms with van der Waals surface area (Å²) in [7, 11) is 0. The SMILES string of the molecule is CCCCCC1CCC(CCc2ccc(OCCCC)cc2C)CC1. The van der Waals surface area contributed by atoms with Gasteiger partial charge in [-0.2, -0.15) is 0 Å². The Balaban J connectivity index is 1.69. The zero-order valence-electron chi connectivity index (χ0n) is 17.0. The molecule has 0 amide bonds. The highest BCUT2D eigenvalue weighted by molar-refractivity contribution is 5.34. The number of ether oxygens (including phenoxy) is 1. The first kappa shape index (κ1) is 20.3. The lowest BCUT2D eigenvalue weighted by Gasteiger charge is -2.28. The number of hydrogen-bond donors (Lipinski definition) is 0. The molecule has 1 aliphatic carbocycles. The fraction of sp³-hybridized carbons (Fsp3) is 0.750. The highest BCUT2D eigenvalue weighted by Gasteiger charge is 2.20. The predicted molar refractivity (Wildman–Crippen MR) is 109 cm³/mol. The molecular weight excluding hydrogens is 304 g/mol. The second-order valence-corrected chi connectivity index (χ2v) is 8.21. The third-order valence-corrected chi connectivity index (χ3v) is 6.08. The van der Waals surface area contributed by atoms with Gasteiger partial charge in [0.25, 0.3) is 0 Å². The standard InChI is InChI=1S/C24H40O/c1-4-6-8-9-21-10-12-22(13-11-21)14-15-23-16-17-24(19-20(23)3)25-18-7-5-2/h16-17,19,21-22H,4-15,18H2,1-3H3. The summed E-state index contributed by atoms with van der Waals surface area (Å²) in [6.45, 7) is 7.60. The van der Waals surface area contributed by atoms with Crippen molar-refractivity contribution in [2.75, 3.05) is 6.61 Å². The van der Waals surface area contributed by atoms with E-state index in [1.54, 1.807) is 0 Å². The minimum absolute atomic E-state index is 0.844. The summed E-state index contributed by atoms with van der Waals surface area (Å²) in [6, 6.07) is 6.70. The van der Waals surface area contributed by atoms with Crippen LogP contribution in [0.25, 0.3) is 0 Å². The zero-order valence-corrected chi connectivity index (χ0v) is 17.0. The molecule has 1 fully saturated rings. The fourth-order valence-corrected chi connectivity index (χ4v) is 4.22. The topological polar surface area (TPSA) is 9.23 Å². The lowest BCUT2D eigenvalue weighted by molar-refractivity contribution is 0.249. The van der Waals surface area contributed by atoms with Gasteiger partial charge >= 0.3 is 0 Å². The van der Waals surface area contributed by atoms with Crippen LogP contribution in [0.5, 0.6) is 5.75 Å². The van der Waals surface area contributed by atoms with Crippen molar-refractivity contribution in [1.82, 2.24) is 0 Å². The van der Waals surface area contributed by atoms with Crippen molar-refractivity contribution in [2.24, 2.45) is 11.8 Å². The zero-order chi connectivity index (χ0) is 17.9. The molecule has 25 heavy (non-hydrogen) atoms. The van der Waals surface area contributed by atoms with E-state index in [4.69, 9.17) is 4.74 Å². The Morgan fingerprint density at radius 3 is 2.20 bits per heavy atom. The molecule has 0 radical (unpaired) electrons. The maximum absolute atomic E-state index is 5.83. The summed E-state index contributed by atoms with van der Waals surface area (Å²) in [4.78, 5) is 0. The van der Waals surface area contributed by atoms with Gasteiger partial charge in [0.05, 0.1) is 6.61 Å². The molecule has 142 valence electrons. The van der Waals surface area contributed by atoms with E-state index in [0.717, 1.165) is 30.6 Å². The van der Waals surface area contributed by atoms with E-state index >= 15 is 0 Å². The average Bonchev–Trinajstić information content (AvgIpc) is 2.62. The molecule has 0 spiro atoms. The molecule has 0 unspecified atom stereocenters. The fourth-order valence-electron chi connectivity index (χ4n) is 4.22. The second-order valence-electron chi connectivity index (χ2n) is 8.21. The molecule has 1 saturated carbocycles. The molecule has 0 atom stereocenters. The first-order valence-corrected chi connectivity index (χ1v) is 10.9. The van der Waals surface area contributed by atoms with E-state index in [-0.39, 0.29) is 0 Å². The van der Waals surface area contributed by atoms with Crippen LogP contribution in [0.4, 0.5) is 0 Å². The minimum atomic E-state index is 0.844. The first-order valence-electron chi connectivity index (χ1n) is 10.9. The first-order chi connectivity index (χ1) is 12.2. The maximum Gasteiger partial charge on any atom is 0.119 e. The molecule has 1 aromatic carbocycles. The summed E-state index contributed by atoms with van der Waals surface area (Å²) >= 11 is 0. The van der Waals surface area contributed by atoms with E-state index in [2.05, 4.69) is 39.0 Å². The van der Waals surface area contributed by atoms with Crippen molar-refractivity contribution in [1.29, 1.82) is 0 Å². The van der Waals surface area contributed by atoms with Gasteiger partial charge < -0.3 is 4.74 Å². The highest BCUT2D eigenvalue weighted by Crippen LogP contribution is 2.34. The number of benzene rings is 1. The van der Waals surface area contributed by atoms with Crippen LogP contribution in [0, 0.1) is 18.8 Å². The Kier molecular flexibility index (Phi) is 9.43. The molecule has 0 N–H and O–H groups in total. The van der Waals surface area contributed by atoms with Gasteiger partial charge in [-0.1, -0.05) is 77.7 Å². The van der Waals surface area contributed by atoms with E-state index < -0.39 is 0 Å². The molecule has 1 aromatic rings. The Labute approximate surface area is 156 Å². The Morgan fingerprint density at radius 2 is 1.56 bits per heavy atom. The number of hydrogen-bond acceptors (Lipinski definition) is 1. The van der Waals surface area contributed by atoms with Gasteiger partial charge in [0.2, 0.25) is 0 Å². The van der Waals surface area contributed by atoms with Gasteiger partial charge in [0.1, 0.15) is 5.75 Å². The van der Waals surface area contributed by atoms with Crippen molar-refractivity contribution in [2.45, 2.75) is 97.8 Å². The van der Waals surface area contributed by atoms with Crippen molar-refractivity contribution >= 4 is 0 Å². The summed E-state index contributed by atoms with van der Waals surface area (Å²) in [5.74, 6) is 3.04. The lowest BCUT2D eigenvalue weighted by Crippen LogP contribution is -2.15. The van der Waals surface area contributed by atoms with Crippen LogP contribution in [0.2, 0.25) is 0 Å². The summed E-state index contributed by atoms with van der Waals surface area (Å²) in [5.41, 5.74) is 2.93. The largest absolute Gasteiger partial charge is 0.494 e. The van der Waals surface area contributed by atoms with Crippen LogP contribution < -0.4 is 4.74 Å². The van der Waals surface area contributed by atoms with Gasteiger partial charge in [-0.3, -0.25) is 0 Å². The quantitative estimate of drug-likeness (QED) is 0.378. The minimum Gasteiger partial charge on any atom is -0.494 e. The molecule has 1 heteroatoms. The monoisotopic (exact) mass is 344 g/mol. The van der Waals surface area contributed by atoms with Crippen LogP contribution in [0.3, 0.4) is 0 Å². The van der Waals surface area contributed by atoms with Gasteiger partial charge in [-0.25, -0.2) is 0 Å². The Hall–Kier alpha value is -0.980. The molecular formula is C24H40O. The molecule has 0 aromatic heterocycles. The van der Waals surface area contributed by atoms with Crippen LogP contribution in [0.1, 0.15) is 95.6 Å². The van der Waals surface area contributed by atoms with Crippen LogP contribution in [0.15, 0.2) is 18.2 Å². The van der Waals surface area contributed by atoms with Gasteiger partial charge in [-0.15, -0.1) is 0 Å². The molecule has 0 aliphatic heterocycles. The normalized spacial score (nSPS) is 20.6. The average molecular weight is 345 g/mol. The summed E-state index contributed by atoms with van der Waals surface area (Å²) < 4.78 is 5.83. The molecule has 0 bridgehead atoms. The molecule has 1 nitrogen and oxygen atoms in total. The third-order valence-electron chi connectivity index (χ3n) is 6.08. The van der Waals surface area contributed by atoms with Gasteiger partial charge in [-0.05, 0) is 61.3 Å². The van der Waals surface area contributed by atoms with E-state index in [1.807, 2.05) is 0 Å². The van der Waals surface area contributed by atoms with Crippen LogP contribution in [-0.2, 0) is 6.42 Å². The van der Waals surface area contributed by atoms with Gasteiger partial charge in [0.15, 0.2) is 0 Å². The van der Waals surface area contributed by atoms with Crippen molar-refractivity contribution < 1.29 is 4.74 Å². The lowest BCUT2D eigenvalue weighted by atomic mass is 9.77. The van der Waals surface area contributed by atoms with E-state index in [1.165, 1.54) is 81.8 Å². The highest BCUT2D eigenvalue weighted by atomic mass is 16.5. The molecule has 0 heterocycles. The molecule has 1 aliphatic rings. The van der Waals surface area contributed by atoms with Gasteiger partial charge in [0, 0.05) is 0 Å². The smallest absolute Gasteiger partial charge is 0.119 e. The van der Waals surface area contributed by atoms with Crippen molar-refractivity contribution in [3.63, 3.8) is 0 Å². The van der Waals surface area contributed by atoms with Crippen molar-refractivity contribution in [3.8, 4) is 5.75 Å². The summed E-state index contributed by atoms with van der Waals surface area (Å²) in [5, 5.41) is 0. The second kappa shape index (κ2) is 11.6. The predicted octanol–water partition coefficient (Wildman–Crippen LogP) is 7.49. The summed E-state index contributed by atoms with van der Waals surface area (Å²) in [6.07, 6.45) is 16.6. The number of rotatable bonds is 11. The number of aryl methyl sites for hydroxylation is 2.